The molecular formula is C36H65NO11. The van der Waals surface area contributed by atoms with Gasteiger partial charge in [-0.1, -0.05) is 26.8 Å². The van der Waals surface area contributed by atoms with E-state index in [1.807, 2.05) is 51.8 Å². The van der Waals surface area contributed by atoms with Crippen molar-refractivity contribution in [2.75, 3.05) is 20.7 Å². The largest absolute Gasteiger partial charge is 0.459 e. The molecule has 12 nitrogen and oxygen atoms in total. The Hall–Kier alpha value is -1.19. The molecule has 48 heavy (non-hydrogen) atoms. The Morgan fingerprint density at radius 1 is 0.979 bits per heavy atom. The lowest BCUT2D eigenvalue weighted by molar-refractivity contribution is -0.304. The van der Waals surface area contributed by atoms with Crippen molar-refractivity contribution in [3.05, 3.63) is 12.2 Å². The molecule has 12 heteroatoms. The molecule has 280 valence electrons. The van der Waals surface area contributed by atoms with Crippen molar-refractivity contribution in [2.24, 2.45) is 17.8 Å². The molecule has 3 rings (SSSR count). The number of carbonyl (C=O) groups is 1. The van der Waals surface area contributed by atoms with Gasteiger partial charge in [-0.3, -0.25) is 4.79 Å². The third kappa shape index (κ3) is 9.37. The van der Waals surface area contributed by atoms with Gasteiger partial charge in [0.2, 0.25) is 0 Å². The average Bonchev–Trinajstić information content (AvgIpc) is 3.01. The topological polar surface area (TPSA) is 157 Å². The summed E-state index contributed by atoms with van der Waals surface area (Å²) in [6.45, 7) is 18.4. The Morgan fingerprint density at radius 2 is 1.62 bits per heavy atom. The number of hydrogen-bond donors (Lipinski definition) is 4. The number of methoxy groups -OCH3 is 1. The molecule has 3 heterocycles. The zero-order chi connectivity index (χ0) is 36.4. The Bertz CT molecular complexity index is 1070. The molecule has 0 aliphatic carbocycles. The summed E-state index contributed by atoms with van der Waals surface area (Å²) in [5.74, 6) is -2.28. The standard InChI is InChI=1S/C36H65NO11/c1-13-26-36(10,42)30(38)24(6)37(11)19-20(2)17-34(8,41)32(48-27-16-14-15-21(3)44-27)22(4)29(23(5)33(40)46-26)47-28-18-35(9,43-12)31(39)25(7)45-28/h14,16,20-32,38-39,41-42H,13,15,17-19H2,1-12H3/t20-,21-,22+,23-,24-,25+,26-,27+,28+,29+,30-,31+,32-,34-,35-,36-/m1/s1. The normalized spacial score (nSPS) is 49.2. The second kappa shape index (κ2) is 16.4. The van der Waals surface area contributed by atoms with Gasteiger partial charge in [-0.05, 0) is 86.8 Å². The van der Waals surface area contributed by atoms with Crippen LogP contribution in [0.2, 0.25) is 0 Å². The minimum Gasteiger partial charge on any atom is -0.459 e. The molecule has 0 aromatic heterocycles. The maximum Gasteiger partial charge on any atom is 0.311 e. The van der Waals surface area contributed by atoms with E-state index in [-0.39, 0.29) is 24.9 Å². The van der Waals surface area contributed by atoms with Crippen LogP contribution in [0, 0.1) is 17.8 Å². The summed E-state index contributed by atoms with van der Waals surface area (Å²) in [4.78, 5) is 16.0. The van der Waals surface area contributed by atoms with Crippen molar-refractivity contribution in [2.45, 2.75) is 173 Å². The highest BCUT2D eigenvalue weighted by molar-refractivity contribution is 5.73. The van der Waals surface area contributed by atoms with Crippen molar-refractivity contribution in [1.82, 2.24) is 4.90 Å². The predicted molar refractivity (Wildman–Crippen MR) is 180 cm³/mol. The van der Waals surface area contributed by atoms with Crippen LogP contribution in [0.15, 0.2) is 12.2 Å². The van der Waals surface area contributed by atoms with Gasteiger partial charge in [0.1, 0.15) is 23.9 Å². The first-order chi connectivity index (χ1) is 22.2. The van der Waals surface area contributed by atoms with E-state index in [1.54, 1.807) is 34.6 Å². The number of hydrogen-bond acceptors (Lipinski definition) is 12. The maximum absolute atomic E-state index is 14.1. The van der Waals surface area contributed by atoms with Gasteiger partial charge in [-0.2, -0.15) is 0 Å². The van der Waals surface area contributed by atoms with Gasteiger partial charge in [-0.15, -0.1) is 0 Å². The summed E-state index contributed by atoms with van der Waals surface area (Å²) in [5, 5.41) is 46.2. The maximum atomic E-state index is 14.1. The second-order valence-electron chi connectivity index (χ2n) is 15.6. The Balaban J connectivity index is 2.13. The highest BCUT2D eigenvalue weighted by Gasteiger charge is 2.51. The Labute approximate surface area is 288 Å². The van der Waals surface area contributed by atoms with E-state index in [0.717, 1.165) is 6.42 Å². The number of carbonyl (C=O) groups excluding carboxylic acids is 1. The van der Waals surface area contributed by atoms with Crippen LogP contribution in [0.25, 0.3) is 0 Å². The van der Waals surface area contributed by atoms with Gasteiger partial charge < -0.3 is 53.7 Å². The summed E-state index contributed by atoms with van der Waals surface area (Å²) in [5.41, 5.74) is -4.17. The lowest BCUT2D eigenvalue weighted by Crippen LogP contribution is -2.59. The van der Waals surface area contributed by atoms with Gasteiger partial charge in [-0.25, -0.2) is 0 Å². The summed E-state index contributed by atoms with van der Waals surface area (Å²) in [6.07, 6.45) is -2.02. The number of rotatable bonds is 6. The fourth-order valence-electron chi connectivity index (χ4n) is 7.87. The molecule has 0 aromatic carbocycles. The molecule has 4 N–H and O–H groups in total. The van der Waals surface area contributed by atoms with Gasteiger partial charge in [0.05, 0.1) is 41.5 Å². The van der Waals surface area contributed by atoms with Crippen LogP contribution in [0.1, 0.15) is 94.9 Å². The SMILES string of the molecule is CC[C@H]1OC(=O)[C@H](C)[C@@H](O[C@H]2C[C@@](C)(OC)[C@@H](O)[C@H](C)O2)[C@H](C)[C@@H](O[C@H]2C=CC[C@@H](C)O2)[C@](C)(O)C[C@@H](C)CN(C)[C@H](C)[C@@H](O)[C@]1(C)O. The first-order valence-electron chi connectivity index (χ1n) is 17.7. The van der Waals surface area contributed by atoms with Crippen molar-refractivity contribution in [1.29, 1.82) is 0 Å². The van der Waals surface area contributed by atoms with Crippen LogP contribution in [0.3, 0.4) is 0 Å². The molecule has 16 atom stereocenters. The quantitative estimate of drug-likeness (QED) is 0.239. The third-order valence-electron chi connectivity index (χ3n) is 11.1. The van der Waals surface area contributed by atoms with E-state index in [9.17, 15) is 25.2 Å². The van der Waals surface area contributed by atoms with Gasteiger partial charge in [0, 0.05) is 32.0 Å². The number of likely N-dealkylation sites (N-methyl/N-ethyl adjacent to an activating group) is 1. The lowest BCUT2D eigenvalue weighted by Gasteiger charge is -2.47. The minimum absolute atomic E-state index is 0.0714. The molecule has 2 saturated heterocycles. The second-order valence-corrected chi connectivity index (χ2v) is 15.6. The molecule has 0 bridgehead atoms. The van der Waals surface area contributed by atoms with Crippen molar-refractivity contribution < 1.29 is 53.6 Å². The zero-order valence-electron chi connectivity index (χ0n) is 31.3. The van der Waals surface area contributed by atoms with E-state index in [0.29, 0.717) is 13.0 Å². The number of aliphatic hydroxyl groups excluding tert-OH is 2. The average molecular weight is 688 g/mol. The molecule has 0 spiro atoms. The smallest absolute Gasteiger partial charge is 0.311 e. The summed E-state index contributed by atoms with van der Waals surface area (Å²) in [7, 11) is 3.39. The fraction of sp³-hybridized carbons (Fsp3) is 0.917. The van der Waals surface area contributed by atoms with Gasteiger partial charge in [0.25, 0.3) is 0 Å². The summed E-state index contributed by atoms with van der Waals surface area (Å²) < 4.78 is 37.2. The van der Waals surface area contributed by atoms with Gasteiger partial charge in [0.15, 0.2) is 12.6 Å². The van der Waals surface area contributed by atoms with E-state index in [4.69, 9.17) is 28.4 Å². The molecule has 0 saturated carbocycles. The van der Waals surface area contributed by atoms with Crippen LogP contribution in [0.4, 0.5) is 0 Å². The number of esters is 1. The molecule has 0 amide bonds. The van der Waals surface area contributed by atoms with Crippen LogP contribution in [-0.2, 0) is 33.2 Å². The van der Waals surface area contributed by atoms with E-state index in [1.165, 1.54) is 14.0 Å². The lowest BCUT2D eigenvalue weighted by atomic mass is 9.77. The first-order valence-corrected chi connectivity index (χ1v) is 17.7. The fourth-order valence-corrected chi connectivity index (χ4v) is 7.87. The Morgan fingerprint density at radius 3 is 2.21 bits per heavy atom. The van der Waals surface area contributed by atoms with Crippen molar-refractivity contribution in [3.8, 4) is 0 Å². The van der Waals surface area contributed by atoms with E-state index >= 15 is 0 Å². The van der Waals surface area contributed by atoms with E-state index < -0.39 is 89.9 Å². The van der Waals surface area contributed by atoms with Crippen LogP contribution < -0.4 is 0 Å². The van der Waals surface area contributed by atoms with Crippen LogP contribution in [-0.4, -0.2) is 130 Å². The van der Waals surface area contributed by atoms with Crippen molar-refractivity contribution >= 4 is 5.97 Å². The van der Waals surface area contributed by atoms with Crippen LogP contribution in [0.5, 0.6) is 0 Å². The monoisotopic (exact) mass is 687 g/mol. The number of cyclic esters (lactones) is 1. The minimum atomic E-state index is -1.76. The first kappa shape index (κ1) is 41.2. The zero-order valence-corrected chi connectivity index (χ0v) is 31.3. The molecule has 3 aliphatic heterocycles. The molecule has 0 radical (unpaired) electrons. The number of nitrogens with zero attached hydrogens (tertiary/aromatic N) is 1. The number of aliphatic hydroxyl groups is 4. The number of ether oxygens (including phenoxy) is 6. The molecular weight excluding hydrogens is 622 g/mol. The predicted octanol–water partition coefficient (Wildman–Crippen LogP) is 3.17. The Kier molecular flexibility index (Phi) is 14.1. The molecule has 0 aromatic rings. The summed E-state index contributed by atoms with van der Waals surface area (Å²) >= 11 is 0. The van der Waals surface area contributed by atoms with Gasteiger partial charge >= 0.3 is 5.97 Å². The highest BCUT2D eigenvalue weighted by atomic mass is 16.7. The van der Waals surface area contributed by atoms with Crippen LogP contribution >= 0.6 is 0 Å². The molecule has 3 aliphatic rings. The summed E-state index contributed by atoms with van der Waals surface area (Å²) in [6, 6.07) is -0.497. The van der Waals surface area contributed by atoms with Crippen molar-refractivity contribution in [3.63, 3.8) is 0 Å². The molecule has 0 unspecified atom stereocenters. The molecule has 2 fully saturated rings. The van der Waals surface area contributed by atoms with E-state index in [2.05, 4.69) is 0 Å². The highest BCUT2D eigenvalue weighted by Crippen LogP contribution is 2.39. The third-order valence-corrected chi connectivity index (χ3v) is 11.1.